The van der Waals surface area contributed by atoms with Gasteiger partial charge in [-0.2, -0.15) is 0 Å². The fourth-order valence-electron chi connectivity index (χ4n) is 13.8. The molecule has 0 aromatic rings. The first kappa shape index (κ1) is 46.9. The van der Waals surface area contributed by atoms with Crippen molar-refractivity contribution in [2.45, 2.75) is 180 Å². The van der Waals surface area contributed by atoms with Crippen LogP contribution >= 0.6 is 0 Å². The second-order valence-corrected chi connectivity index (χ2v) is 21.3. The lowest BCUT2D eigenvalue weighted by molar-refractivity contribution is -0.371. The van der Waals surface area contributed by atoms with Gasteiger partial charge in [0.15, 0.2) is 30.6 Å². The minimum Gasteiger partial charge on any atom is -0.481 e. The van der Waals surface area contributed by atoms with E-state index in [0.29, 0.717) is 44.9 Å². The van der Waals surface area contributed by atoms with E-state index >= 15 is 4.79 Å². The second kappa shape index (κ2) is 15.5. The maximum absolute atomic E-state index is 15.0. The van der Waals surface area contributed by atoms with Crippen molar-refractivity contribution in [1.82, 2.24) is 0 Å². The van der Waals surface area contributed by atoms with Crippen LogP contribution in [0, 0.1) is 50.2 Å². The van der Waals surface area contributed by atoms with Crippen LogP contribution in [0.25, 0.3) is 0 Å². The van der Waals surface area contributed by atoms with E-state index in [0.717, 1.165) is 5.57 Å². The van der Waals surface area contributed by atoms with Crippen LogP contribution in [0.1, 0.15) is 107 Å². The molecular formula is C44H64O18. The number of ketones is 1. The number of esters is 1. The number of hydrogen-bond donors (Lipinski definition) is 8. The average Bonchev–Trinajstić information content (AvgIpc) is 3.16. The van der Waals surface area contributed by atoms with Crippen molar-refractivity contribution < 1.29 is 88.5 Å². The zero-order valence-corrected chi connectivity index (χ0v) is 36.6. The molecule has 2 heterocycles. The van der Waals surface area contributed by atoms with Crippen LogP contribution in [-0.4, -0.2) is 144 Å². The minimum absolute atomic E-state index is 0.0401. The normalized spacial score (nSPS) is 51.0. The van der Waals surface area contributed by atoms with E-state index in [4.69, 9.17) is 23.7 Å². The summed E-state index contributed by atoms with van der Waals surface area (Å²) in [5, 5.41) is 83.4. The van der Waals surface area contributed by atoms with Crippen molar-refractivity contribution in [3.63, 3.8) is 0 Å². The third kappa shape index (κ3) is 6.88. The number of carbonyl (C=O) groups excluding carboxylic acids is 2. The smallest absolute Gasteiger partial charge is 0.335 e. The zero-order chi connectivity index (χ0) is 46.0. The lowest BCUT2D eigenvalue weighted by Gasteiger charge is -2.71. The van der Waals surface area contributed by atoms with E-state index < -0.39 is 136 Å². The van der Waals surface area contributed by atoms with Crippen molar-refractivity contribution in [3.05, 3.63) is 11.6 Å². The van der Waals surface area contributed by atoms with Gasteiger partial charge >= 0.3 is 23.9 Å². The number of ether oxygens (including phenoxy) is 5. The Morgan fingerprint density at radius 2 is 1.27 bits per heavy atom. The summed E-state index contributed by atoms with van der Waals surface area (Å²) >= 11 is 0. The first-order chi connectivity index (χ1) is 28.6. The van der Waals surface area contributed by atoms with Crippen molar-refractivity contribution in [3.8, 4) is 0 Å². The third-order valence-electron chi connectivity index (χ3n) is 17.6. The van der Waals surface area contributed by atoms with Crippen molar-refractivity contribution >= 4 is 29.7 Å². The van der Waals surface area contributed by atoms with Gasteiger partial charge in [-0.15, -0.1) is 0 Å². The molecule has 0 unspecified atom stereocenters. The van der Waals surface area contributed by atoms with Gasteiger partial charge in [0.2, 0.25) is 0 Å². The highest BCUT2D eigenvalue weighted by molar-refractivity contribution is 5.95. The van der Waals surface area contributed by atoms with Gasteiger partial charge < -0.3 is 64.5 Å². The molecule has 7 aliphatic rings. The molecule has 7 rings (SSSR count). The van der Waals surface area contributed by atoms with Gasteiger partial charge in [0.25, 0.3) is 0 Å². The van der Waals surface area contributed by atoms with Gasteiger partial charge in [-0.3, -0.25) is 14.4 Å². The monoisotopic (exact) mass is 880 g/mol. The quantitative estimate of drug-likeness (QED) is 0.127. The fraction of sp³-hybridized carbons (Fsp3) is 0.841. The third-order valence-corrected chi connectivity index (χ3v) is 17.6. The van der Waals surface area contributed by atoms with Crippen LogP contribution in [0.4, 0.5) is 0 Å². The molecule has 0 aromatic heterocycles. The summed E-state index contributed by atoms with van der Waals surface area (Å²) in [6.07, 6.45) is -15.5. The highest BCUT2D eigenvalue weighted by atomic mass is 16.8. The van der Waals surface area contributed by atoms with Crippen LogP contribution in [0.5, 0.6) is 0 Å². The van der Waals surface area contributed by atoms with E-state index in [1.54, 1.807) is 13.0 Å². The second-order valence-electron chi connectivity index (χ2n) is 21.3. The lowest BCUT2D eigenvalue weighted by Crippen LogP contribution is -2.68. The van der Waals surface area contributed by atoms with Crippen LogP contribution in [0.15, 0.2) is 11.6 Å². The van der Waals surface area contributed by atoms with Gasteiger partial charge in [-0.1, -0.05) is 47.1 Å². The van der Waals surface area contributed by atoms with Crippen molar-refractivity contribution in [1.29, 1.82) is 0 Å². The maximum atomic E-state index is 15.0. The van der Waals surface area contributed by atoms with E-state index in [9.17, 15) is 60.0 Å². The highest BCUT2D eigenvalue weighted by Crippen LogP contribution is 2.75. The first-order valence-electron chi connectivity index (χ1n) is 21.7. The highest BCUT2D eigenvalue weighted by Gasteiger charge is 2.72. The van der Waals surface area contributed by atoms with E-state index in [-0.39, 0.29) is 24.0 Å². The molecule has 0 aromatic carbocycles. The molecule has 18 heteroatoms. The first-order valence-corrected chi connectivity index (χ1v) is 21.7. The molecule has 0 spiro atoms. The van der Waals surface area contributed by atoms with E-state index in [2.05, 4.69) is 27.7 Å². The van der Waals surface area contributed by atoms with Gasteiger partial charge in [0, 0.05) is 24.7 Å². The summed E-state index contributed by atoms with van der Waals surface area (Å²) in [5.74, 6) is -5.74. The Morgan fingerprint density at radius 3 is 1.85 bits per heavy atom. The van der Waals surface area contributed by atoms with Gasteiger partial charge in [0.1, 0.15) is 42.7 Å². The summed E-state index contributed by atoms with van der Waals surface area (Å²) in [4.78, 5) is 64.2. The molecule has 2 aliphatic heterocycles. The summed E-state index contributed by atoms with van der Waals surface area (Å²) in [7, 11) is 0. The number of carbonyl (C=O) groups is 5. The van der Waals surface area contributed by atoms with Crippen LogP contribution in [0.2, 0.25) is 0 Å². The number of carboxylic acid groups (broad SMARTS) is 3. The Hall–Kier alpha value is -3.07. The van der Waals surface area contributed by atoms with Crippen molar-refractivity contribution in [2.75, 3.05) is 0 Å². The molecule has 18 nitrogen and oxygen atoms in total. The van der Waals surface area contributed by atoms with E-state index in [1.807, 2.05) is 13.8 Å². The number of aliphatic carboxylic acids is 3. The molecule has 4 saturated carbocycles. The minimum atomic E-state index is -2.07. The number of aliphatic hydroxyl groups excluding tert-OH is 5. The summed E-state index contributed by atoms with van der Waals surface area (Å²) in [5.41, 5.74) is -3.24. The maximum Gasteiger partial charge on any atom is 0.335 e. The fourth-order valence-corrected chi connectivity index (χ4v) is 13.8. The Morgan fingerprint density at radius 1 is 0.677 bits per heavy atom. The predicted octanol–water partition coefficient (Wildman–Crippen LogP) is 1.79. The van der Waals surface area contributed by atoms with Crippen molar-refractivity contribution in [2.24, 2.45) is 50.2 Å². The van der Waals surface area contributed by atoms with Gasteiger partial charge in [-0.25, -0.2) is 9.59 Å². The number of aliphatic hydroxyl groups is 5. The molecule has 0 bridgehead atoms. The number of allylic oxidation sites excluding steroid dienone is 2. The molecular weight excluding hydrogens is 816 g/mol. The number of hydrogen-bond acceptors (Lipinski definition) is 15. The molecule has 2 saturated heterocycles. The molecule has 20 atom stereocenters. The Bertz CT molecular complexity index is 1880. The number of fused-ring (bicyclic) bond motifs is 7. The lowest BCUT2D eigenvalue weighted by atomic mass is 9.33. The Kier molecular flexibility index (Phi) is 11.8. The Labute approximate surface area is 359 Å². The van der Waals surface area contributed by atoms with Gasteiger partial charge in [0.05, 0.1) is 11.5 Å². The largest absolute Gasteiger partial charge is 0.481 e. The molecule has 62 heavy (non-hydrogen) atoms. The number of carboxylic acids is 3. The van der Waals surface area contributed by atoms with Gasteiger partial charge in [-0.05, 0) is 91.4 Å². The molecule has 5 aliphatic carbocycles. The molecule has 0 amide bonds. The topological polar surface area (TPSA) is 293 Å². The Balaban J connectivity index is 1.19. The summed E-state index contributed by atoms with van der Waals surface area (Å²) in [6.45, 7) is 15.6. The molecule has 6 fully saturated rings. The average molecular weight is 881 g/mol. The van der Waals surface area contributed by atoms with E-state index in [1.165, 1.54) is 6.92 Å². The predicted molar refractivity (Wildman–Crippen MR) is 210 cm³/mol. The SMILES string of the molecule is CC(=O)O[C@@H]1C[C@](C)(C(=O)O)C[C@H]2C3=CC(=O)[C@@H]4[C@@]5(C)CC[C@H](O[C@H]6O[C@H](C(=O)O)[C@@H](O)[C@H](O)[C@H]6O[C@@H]6O[C@H](C(=O)O)[C@@H](O)[C@H](O)[C@H]6O)C(C)(C)[C@@H]5CC[C@@]4(C)[C@]3(C)CC[C@@]12C. The molecule has 348 valence electrons. The summed E-state index contributed by atoms with van der Waals surface area (Å²) < 4.78 is 29.3. The standard InChI is InChI=1S/C44H64O18/c1-18(45)58-24-17-40(4,38(56)57)16-20-19-15-21(46)33-42(6)11-10-23(39(2,3)22(42)9-12-44(33,8)43(19,7)14-13-41(20,24)5)59-37-32(28(50)27(49)31(61-37)35(54)55)62-36-29(51)25(47)26(48)30(60-36)34(52)53/h15,20,22-33,36-37,47-51H,9-14,16-17H2,1-8H3,(H,52,53)(H,54,55)(H,56,57)/t20-,22-,23-,24+,25-,26-,27-,28-,29+,30-,31-,32+,33+,36-,37-,40+,41+,42-,43+,44+/m0/s1. The molecule has 0 radical (unpaired) electrons. The summed E-state index contributed by atoms with van der Waals surface area (Å²) in [6, 6.07) is 0. The van der Waals surface area contributed by atoms with Crippen LogP contribution in [-0.2, 0) is 47.7 Å². The van der Waals surface area contributed by atoms with Crippen LogP contribution in [0.3, 0.4) is 0 Å². The van der Waals surface area contributed by atoms with Crippen LogP contribution < -0.4 is 0 Å². The molecule has 8 N–H and O–H groups in total. The number of rotatable bonds is 8. The zero-order valence-electron chi connectivity index (χ0n) is 36.6.